The van der Waals surface area contributed by atoms with Gasteiger partial charge in [0.15, 0.2) is 0 Å². The lowest BCUT2D eigenvalue weighted by atomic mass is 9.77. The van der Waals surface area contributed by atoms with Crippen molar-refractivity contribution in [3.8, 4) is 5.75 Å². The van der Waals surface area contributed by atoms with Crippen molar-refractivity contribution in [1.82, 2.24) is 14.9 Å². The van der Waals surface area contributed by atoms with Crippen LogP contribution in [-0.2, 0) is 19.9 Å². The highest BCUT2D eigenvalue weighted by molar-refractivity contribution is 6.20. The van der Waals surface area contributed by atoms with E-state index in [4.69, 9.17) is 32.7 Å². The highest BCUT2D eigenvalue weighted by Gasteiger charge is 2.47. The van der Waals surface area contributed by atoms with Crippen LogP contribution < -0.4 is 20.3 Å². The topological polar surface area (TPSA) is 166 Å². The Labute approximate surface area is 382 Å². The molecule has 13 nitrogen and oxygen atoms in total. The van der Waals surface area contributed by atoms with Crippen LogP contribution in [0, 0.1) is 5.92 Å². The van der Waals surface area contributed by atoms with E-state index >= 15 is 0 Å². The Morgan fingerprint density at radius 3 is 1.91 bits per heavy atom. The summed E-state index contributed by atoms with van der Waals surface area (Å²) in [5.41, 5.74) is 7.29. The number of nitrogens with zero attached hydrogens (tertiary/aromatic N) is 2. The van der Waals surface area contributed by atoms with Gasteiger partial charge in [-0.2, -0.15) is 0 Å². The first-order valence-electron chi connectivity index (χ1n) is 21.2. The van der Waals surface area contributed by atoms with E-state index < -0.39 is 23.6 Å². The summed E-state index contributed by atoms with van der Waals surface area (Å²) in [4.78, 5) is 76.0. The number of halogens is 2. The van der Waals surface area contributed by atoms with Gasteiger partial charge in [-0.3, -0.25) is 19.2 Å². The monoisotopic (exact) mass is 908 g/mol. The molecule has 4 N–H and O–H groups in total. The van der Waals surface area contributed by atoms with E-state index in [2.05, 4.69) is 20.6 Å². The smallest absolute Gasteiger partial charge is 0.323 e. The minimum atomic E-state index is -0.968. The predicted molar refractivity (Wildman–Crippen MR) is 252 cm³/mol. The van der Waals surface area contributed by atoms with Crippen LogP contribution in [0.4, 0.5) is 21.9 Å². The number of nitrogens with one attached hydrogen (secondary N) is 4. The highest BCUT2D eigenvalue weighted by Crippen LogP contribution is 2.51. The maximum absolute atomic E-state index is 14.3. The van der Waals surface area contributed by atoms with Crippen molar-refractivity contribution in [2.45, 2.75) is 38.7 Å². The summed E-state index contributed by atoms with van der Waals surface area (Å²) in [5, 5.41) is 8.82. The first-order chi connectivity index (χ1) is 31.3. The Bertz CT molecular complexity index is 3210. The molecule has 10 rings (SSSR count). The number of rotatable bonds is 8. The number of amides is 4. The average molecular weight is 910 g/mol. The zero-order valence-corrected chi connectivity index (χ0v) is 37.0. The van der Waals surface area contributed by atoms with Crippen molar-refractivity contribution in [3.63, 3.8) is 0 Å². The molecule has 5 aromatic carbocycles. The Morgan fingerprint density at radius 1 is 0.708 bits per heavy atom. The summed E-state index contributed by atoms with van der Waals surface area (Å²) in [6.45, 7) is 5.33. The molecule has 3 atom stereocenters. The predicted octanol–water partition coefficient (Wildman–Crippen LogP) is 10.3. The van der Waals surface area contributed by atoms with Crippen molar-refractivity contribution in [2.24, 2.45) is 5.92 Å². The number of H-pyrrole nitrogens is 2. The van der Waals surface area contributed by atoms with Crippen molar-refractivity contribution in [1.29, 1.82) is 0 Å². The summed E-state index contributed by atoms with van der Waals surface area (Å²) in [7, 11) is 0. The Balaban J connectivity index is 0.849. The maximum Gasteiger partial charge on any atom is 0.323 e. The van der Waals surface area contributed by atoms with E-state index in [9.17, 15) is 24.0 Å². The fourth-order valence-corrected chi connectivity index (χ4v) is 10.4. The number of hydrogen-bond donors (Lipinski definition) is 4. The average Bonchev–Trinajstić information content (AvgIpc) is 4.08. The maximum atomic E-state index is 14.3. The molecule has 7 aromatic rings. The molecule has 2 aromatic heterocycles. The Morgan fingerprint density at radius 2 is 1.29 bits per heavy atom. The second kappa shape index (κ2) is 16.2. The molecule has 4 heterocycles. The largest absolute Gasteiger partial charge is 0.454 e. The third kappa shape index (κ3) is 7.34. The van der Waals surface area contributed by atoms with Crippen LogP contribution in [0.5, 0.6) is 5.75 Å². The van der Waals surface area contributed by atoms with Gasteiger partial charge in [-0.1, -0.05) is 48.5 Å². The van der Waals surface area contributed by atoms with E-state index in [0.717, 1.165) is 38.7 Å². The summed E-state index contributed by atoms with van der Waals surface area (Å²) < 4.78 is 11.5. The van der Waals surface area contributed by atoms with Crippen molar-refractivity contribution < 1.29 is 33.4 Å². The quantitative estimate of drug-likeness (QED) is 0.0669. The van der Waals surface area contributed by atoms with Gasteiger partial charge >= 0.3 is 18.0 Å². The number of esters is 2. The number of ether oxygens (including phenoxy) is 2. The number of carbonyl (C=O) groups is 5. The zero-order chi connectivity index (χ0) is 45.3. The molecule has 65 heavy (non-hydrogen) atoms. The molecule has 0 radical (unpaired) electrons. The fraction of sp³-hybridized carbons (Fsp3) is 0.220. The second-order valence-electron chi connectivity index (χ2n) is 16.9. The van der Waals surface area contributed by atoms with Gasteiger partial charge in [-0.25, -0.2) is 4.79 Å². The van der Waals surface area contributed by atoms with E-state index in [-0.39, 0.29) is 23.7 Å². The molecule has 1 unspecified atom stereocenters. The lowest BCUT2D eigenvalue weighted by Crippen LogP contribution is -2.37. The normalized spacial score (nSPS) is 18.7. The van der Waals surface area contributed by atoms with Crippen LogP contribution in [0.2, 0.25) is 0 Å². The number of aromatic amines is 2. The number of anilines is 3. The van der Waals surface area contributed by atoms with E-state index in [0.29, 0.717) is 87.3 Å². The van der Waals surface area contributed by atoms with Crippen LogP contribution in [0.25, 0.3) is 38.2 Å². The molecule has 3 aliphatic rings. The van der Waals surface area contributed by atoms with Gasteiger partial charge in [0.25, 0.3) is 11.8 Å². The second-order valence-corrected chi connectivity index (χ2v) is 17.6. The molecule has 15 heteroatoms. The standard InChI is InChI=1S/C50H42Cl2N6O7/c1-26(59)64-44-20-42-45(35-9-5-4-8-34(35)44)30(22-51)24-57(42)47(61)40-18-28-16-32(12-14-38(28)55-40)53-49(63)54-33-13-15-39-29(17-33)19-41(56-39)48(62)58-25-31(23-52)46-36-10-6-7-11-37(36)50(3,21-43(46)58)65-27(2)60/h4-20,30-31,55-56H,21-25H2,1-3H3,(H2,53,54,63)/t30-,31-,50?/m1/s1. The summed E-state index contributed by atoms with van der Waals surface area (Å²) in [6.07, 6.45) is 0.319. The fourth-order valence-electron chi connectivity index (χ4n) is 9.91. The van der Waals surface area contributed by atoms with Crippen LogP contribution in [0.15, 0.2) is 109 Å². The number of fused-ring (bicyclic) bond motifs is 7. The van der Waals surface area contributed by atoms with Gasteiger partial charge in [-0.15, -0.1) is 23.2 Å². The van der Waals surface area contributed by atoms with E-state index in [1.54, 1.807) is 64.4 Å². The van der Waals surface area contributed by atoms with Gasteiger partial charge < -0.3 is 39.9 Å². The lowest BCUT2D eigenvalue weighted by Gasteiger charge is -2.37. The number of benzene rings is 5. The minimum Gasteiger partial charge on any atom is -0.454 e. The van der Waals surface area contributed by atoms with Gasteiger partial charge in [0.2, 0.25) is 0 Å². The lowest BCUT2D eigenvalue weighted by molar-refractivity contribution is -0.156. The third-order valence-electron chi connectivity index (χ3n) is 12.6. The summed E-state index contributed by atoms with van der Waals surface area (Å²) in [5.74, 6) is -0.660. The zero-order valence-electron chi connectivity index (χ0n) is 35.5. The van der Waals surface area contributed by atoms with Crippen molar-refractivity contribution in [2.75, 3.05) is 40.4 Å². The van der Waals surface area contributed by atoms with Gasteiger partial charge in [0.1, 0.15) is 22.7 Å². The minimum absolute atomic E-state index is 0.108. The number of carbonyl (C=O) groups excluding carboxylic acids is 5. The van der Waals surface area contributed by atoms with E-state index in [1.165, 1.54) is 13.8 Å². The molecule has 0 saturated heterocycles. The van der Waals surface area contributed by atoms with Gasteiger partial charge in [-0.05, 0) is 77.5 Å². The van der Waals surface area contributed by atoms with Gasteiger partial charge in [0.05, 0.1) is 5.69 Å². The first-order valence-corrected chi connectivity index (χ1v) is 22.2. The molecular weight excluding hydrogens is 867 g/mol. The van der Waals surface area contributed by atoms with Crippen LogP contribution >= 0.6 is 23.2 Å². The molecule has 0 spiro atoms. The molecular formula is C50H42Cl2N6O7. The molecule has 2 aliphatic heterocycles. The molecule has 0 bridgehead atoms. The third-order valence-corrected chi connectivity index (χ3v) is 13.3. The number of urea groups is 1. The number of hydrogen-bond acceptors (Lipinski definition) is 7. The van der Waals surface area contributed by atoms with Crippen LogP contribution in [-0.4, -0.2) is 69.5 Å². The molecule has 0 fully saturated rings. The highest BCUT2D eigenvalue weighted by atomic mass is 35.5. The van der Waals surface area contributed by atoms with Crippen molar-refractivity contribution in [3.05, 3.63) is 137 Å². The summed E-state index contributed by atoms with van der Waals surface area (Å²) >= 11 is 13.0. The number of alkyl halides is 2. The molecule has 328 valence electrons. The number of aromatic nitrogens is 2. The van der Waals surface area contributed by atoms with E-state index in [1.807, 2.05) is 55.5 Å². The van der Waals surface area contributed by atoms with Gasteiger partial charge in [0, 0.05) is 113 Å². The van der Waals surface area contributed by atoms with Crippen LogP contribution in [0.1, 0.15) is 70.8 Å². The molecule has 1 aliphatic carbocycles. The Hall–Kier alpha value is -7.09. The van der Waals surface area contributed by atoms with Crippen molar-refractivity contribution >= 4 is 108 Å². The molecule has 0 saturated carbocycles. The molecule has 4 amide bonds. The first kappa shape index (κ1) is 41.9. The summed E-state index contributed by atoms with van der Waals surface area (Å²) in [6, 6.07) is 30.8. The SMILES string of the molecule is CC(=O)Oc1cc2c(c3ccccc13)[C@H](CCl)CN2C(=O)c1cc2cc(NC(=O)Nc3ccc4[nH]c(C(=O)N5C[C@@H](CCl)C6=C5CC(C)(OC(C)=O)c5ccccc56)cc4c3)ccc2[nH]1. The van der Waals surface area contributed by atoms with Crippen LogP contribution in [0.3, 0.4) is 0 Å². The Kier molecular flexibility index (Phi) is 10.4.